The molecule has 0 aliphatic rings. The first kappa shape index (κ1) is 27.0. The van der Waals surface area contributed by atoms with Gasteiger partial charge in [0.05, 0.1) is 10.6 Å². The van der Waals surface area contributed by atoms with Gasteiger partial charge in [0, 0.05) is 29.3 Å². The van der Waals surface area contributed by atoms with Gasteiger partial charge in [-0.15, -0.1) is 0 Å². The van der Waals surface area contributed by atoms with E-state index >= 15 is 0 Å². The van der Waals surface area contributed by atoms with Gasteiger partial charge in [-0.3, -0.25) is 15.0 Å². The molecule has 198 valence electrons. The fourth-order valence-electron chi connectivity index (χ4n) is 3.80. The Kier molecular flexibility index (Phi) is 7.75. The maximum Gasteiger partial charge on any atom is 0.255 e. The number of ether oxygens (including phenoxy) is 1. The summed E-state index contributed by atoms with van der Waals surface area (Å²) in [6.07, 6.45) is 0. The monoisotopic (exact) mass is 543 g/mol. The minimum absolute atomic E-state index is 0.0207. The lowest BCUT2D eigenvalue weighted by Gasteiger charge is -2.15. The van der Waals surface area contributed by atoms with Gasteiger partial charge in [0.25, 0.3) is 5.91 Å². The van der Waals surface area contributed by atoms with E-state index in [0.29, 0.717) is 33.7 Å². The van der Waals surface area contributed by atoms with Crippen molar-refractivity contribution in [2.24, 2.45) is 10.9 Å². The first-order valence-corrected chi connectivity index (χ1v) is 13.1. The third-order valence-corrected chi connectivity index (χ3v) is 6.54. The Morgan fingerprint density at radius 1 is 0.846 bits per heavy atom. The Balaban J connectivity index is 1.63. The average molecular weight is 544 g/mol. The van der Waals surface area contributed by atoms with Gasteiger partial charge < -0.3 is 21.1 Å². The van der Waals surface area contributed by atoms with Crippen LogP contribution < -0.4 is 26.2 Å². The number of nitrogens with one attached hydrogen (secondary N) is 3. The molecule has 0 bridgehead atoms. The zero-order valence-electron chi connectivity index (χ0n) is 20.8. The van der Waals surface area contributed by atoms with Gasteiger partial charge in [-0.2, -0.15) is 0 Å². The number of amides is 2. The first-order valence-electron chi connectivity index (χ1n) is 11.6. The van der Waals surface area contributed by atoms with Gasteiger partial charge in [-0.1, -0.05) is 42.5 Å². The molecule has 0 aliphatic heterocycles. The van der Waals surface area contributed by atoms with Gasteiger partial charge in [0.1, 0.15) is 11.6 Å². The number of sulfonamides is 1. The molecule has 0 saturated heterocycles. The lowest BCUT2D eigenvalue weighted by Crippen LogP contribution is -2.14. The van der Waals surface area contributed by atoms with Crippen molar-refractivity contribution >= 4 is 39.0 Å². The maximum absolute atomic E-state index is 13.2. The van der Waals surface area contributed by atoms with Crippen molar-refractivity contribution in [1.29, 1.82) is 5.41 Å². The molecule has 0 saturated carbocycles. The van der Waals surface area contributed by atoms with E-state index in [1.807, 2.05) is 0 Å². The second kappa shape index (κ2) is 11.2. The van der Waals surface area contributed by atoms with Crippen molar-refractivity contribution in [3.05, 3.63) is 102 Å². The number of nitrogens with two attached hydrogens (primary N) is 2. The third kappa shape index (κ3) is 6.66. The van der Waals surface area contributed by atoms with Crippen LogP contribution in [-0.4, -0.2) is 26.1 Å². The van der Waals surface area contributed by atoms with Crippen molar-refractivity contribution in [3.8, 4) is 22.6 Å². The Morgan fingerprint density at radius 3 is 2.23 bits per heavy atom. The molecule has 0 aromatic heterocycles. The Bertz CT molecular complexity index is 1690. The normalized spacial score (nSPS) is 10.9. The zero-order valence-corrected chi connectivity index (χ0v) is 21.6. The molecule has 0 heterocycles. The number of carbonyl (C=O) groups excluding carboxylic acids is 2. The molecule has 0 unspecified atom stereocenters. The third-order valence-electron chi connectivity index (χ3n) is 5.57. The number of anilines is 2. The van der Waals surface area contributed by atoms with Crippen LogP contribution in [0.4, 0.5) is 11.4 Å². The zero-order chi connectivity index (χ0) is 28.2. The Labute approximate surface area is 225 Å². The molecule has 11 heteroatoms. The molecule has 10 nitrogen and oxygen atoms in total. The summed E-state index contributed by atoms with van der Waals surface area (Å²) >= 11 is 0. The molecule has 0 fully saturated rings. The highest BCUT2D eigenvalue weighted by Crippen LogP contribution is 2.33. The van der Waals surface area contributed by atoms with E-state index in [1.165, 1.54) is 13.0 Å². The standard InChI is InChI=1S/C28H25N5O5S/c1-17(34)32-21-13-14-25(38-22-6-4-5-20(15-22)27(29)30)24(16-21)33-28(35)19-11-9-18(10-12-19)23-7-2-3-8-26(23)39(31,36)37/h2-16H,1H3,(H3,29,30)(H,32,34)(H,33,35)(H2,31,36,37). The van der Waals surface area contributed by atoms with E-state index in [0.717, 1.165) is 0 Å². The van der Waals surface area contributed by atoms with Crippen LogP contribution in [0.3, 0.4) is 0 Å². The summed E-state index contributed by atoms with van der Waals surface area (Å²) in [4.78, 5) is 24.7. The number of carbonyl (C=O) groups is 2. The molecule has 0 spiro atoms. The molecule has 39 heavy (non-hydrogen) atoms. The molecule has 7 N–H and O–H groups in total. The number of hydrogen-bond donors (Lipinski definition) is 5. The largest absolute Gasteiger partial charge is 0.455 e. The number of amidine groups is 1. The molecule has 2 amide bonds. The maximum atomic E-state index is 13.2. The van der Waals surface area contributed by atoms with Crippen molar-refractivity contribution in [1.82, 2.24) is 0 Å². The summed E-state index contributed by atoms with van der Waals surface area (Å²) < 4.78 is 29.9. The Hall–Kier alpha value is -5.00. The van der Waals surface area contributed by atoms with E-state index < -0.39 is 15.9 Å². The number of hydrogen-bond acceptors (Lipinski definition) is 6. The van der Waals surface area contributed by atoms with Crippen molar-refractivity contribution < 1.29 is 22.7 Å². The predicted octanol–water partition coefficient (Wildman–Crippen LogP) is 4.29. The van der Waals surface area contributed by atoms with Gasteiger partial charge >= 0.3 is 0 Å². The van der Waals surface area contributed by atoms with Crippen LogP contribution in [0.1, 0.15) is 22.8 Å². The summed E-state index contributed by atoms with van der Waals surface area (Å²) in [5.41, 5.74) is 8.04. The van der Waals surface area contributed by atoms with E-state index in [2.05, 4.69) is 10.6 Å². The van der Waals surface area contributed by atoms with Crippen LogP contribution in [0.25, 0.3) is 11.1 Å². The van der Waals surface area contributed by atoms with E-state index in [1.54, 1.807) is 84.9 Å². The smallest absolute Gasteiger partial charge is 0.255 e. The molecule has 0 atom stereocenters. The highest BCUT2D eigenvalue weighted by atomic mass is 32.2. The van der Waals surface area contributed by atoms with Crippen LogP contribution in [0.2, 0.25) is 0 Å². The van der Waals surface area contributed by atoms with Crippen LogP contribution >= 0.6 is 0 Å². The van der Waals surface area contributed by atoms with E-state index in [9.17, 15) is 18.0 Å². The van der Waals surface area contributed by atoms with Crippen LogP contribution in [0, 0.1) is 5.41 Å². The minimum atomic E-state index is -3.94. The lowest BCUT2D eigenvalue weighted by atomic mass is 10.0. The molecule has 4 aromatic carbocycles. The summed E-state index contributed by atoms with van der Waals surface area (Å²) in [5.74, 6) is -0.195. The second-order valence-electron chi connectivity index (χ2n) is 8.51. The number of benzene rings is 4. The van der Waals surface area contributed by atoms with E-state index in [-0.39, 0.29) is 28.1 Å². The van der Waals surface area contributed by atoms with Crippen molar-refractivity contribution in [2.45, 2.75) is 11.8 Å². The van der Waals surface area contributed by atoms with Crippen molar-refractivity contribution in [3.63, 3.8) is 0 Å². The quantitative estimate of drug-likeness (QED) is 0.163. The van der Waals surface area contributed by atoms with E-state index in [4.69, 9.17) is 21.0 Å². The van der Waals surface area contributed by atoms with Gasteiger partial charge in [0.15, 0.2) is 5.75 Å². The summed E-state index contributed by atoms with van der Waals surface area (Å²) in [7, 11) is -3.94. The predicted molar refractivity (Wildman–Crippen MR) is 149 cm³/mol. The highest BCUT2D eigenvalue weighted by molar-refractivity contribution is 7.89. The lowest BCUT2D eigenvalue weighted by molar-refractivity contribution is -0.114. The number of rotatable bonds is 8. The highest BCUT2D eigenvalue weighted by Gasteiger charge is 2.16. The summed E-state index contributed by atoms with van der Waals surface area (Å²) in [6, 6.07) is 24.1. The molecule has 4 rings (SSSR count). The molecular weight excluding hydrogens is 518 g/mol. The Morgan fingerprint density at radius 2 is 1.56 bits per heavy atom. The van der Waals surface area contributed by atoms with Crippen LogP contribution in [-0.2, 0) is 14.8 Å². The molecule has 0 radical (unpaired) electrons. The van der Waals surface area contributed by atoms with Gasteiger partial charge in [-0.05, 0) is 54.1 Å². The van der Waals surface area contributed by atoms with Crippen LogP contribution in [0.15, 0.2) is 95.9 Å². The SMILES string of the molecule is CC(=O)Nc1ccc(Oc2cccc(C(=N)N)c2)c(NC(=O)c2ccc(-c3ccccc3S(N)(=O)=O)cc2)c1. The fourth-order valence-corrected chi connectivity index (χ4v) is 4.56. The average Bonchev–Trinajstić information content (AvgIpc) is 2.89. The summed E-state index contributed by atoms with van der Waals surface area (Å²) in [6.45, 7) is 1.37. The van der Waals surface area contributed by atoms with Crippen molar-refractivity contribution in [2.75, 3.05) is 10.6 Å². The first-order chi connectivity index (χ1) is 18.5. The number of primary sulfonamides is 1. The molecular formula is C28H25N5O5S. The fraction of sp³-hybridized carbons (Fsp3) is 0.0357. The number of nitrogen functional groups attached to an aromatic ring is 1. The topological polar surface area (TPSA) is 177 Å². The molecule has 0 aliphatic carbocycles. The van der Waals surface area contributed by atoms with Gasteiger partial charge in [0.2, 0.25) is 15.9 Å². The second-order valence-corrected chi connectivity index (χ2v) is 10.0. The van der Waals surface area contributed by atoms with Crippen LogP contribution in [0.5, 0.6) is 11.5 Å². The minimum Gasteiger partial charge on any atom is -0.455 e. The summed E-state index contributed by atoms with van der Waals surface area (Å²) in [5, 5.41) is 18.4. The molecule has 4 aromatic rings. The van der Waals surface area contributed by atoms with Gasteiger partial charge in [-0.25, -0.2) is 13.6 Å².